The van der Waals surface area contributed by atoms with E-state index in [9.17, 15) is 4.79 Å². The van der Waals surface area contributed by atoms with Crippen molar-refractivity contribution in [1.29, 1.82) is 0 Å². The zero-order valence-electron chi connectivity index (χ0n) is 8.78. The first-order chi connectivity index (χ1) is 7.85. The molecule has 0 fully saturated rings. The quantitative estimate of drug-likeness (QED) is 0.716. The van der Waals surface area contributed by atoms with Crippen molar-refractivity contribution in [3.05, 3.63) is 40.2 Å². The summed E-state index contributed by atoms with van der Waals surface area (Å²) in [5.74, 6) is -0.00579. The van der Waals surface area contributed by atoms with Gasteiger partial charge in [0.05, 0.1) is 0 Å². The fourth-order valence-corrected chi connectivity index (χ4v) is 1.85. The highest BCUT2D eigenvalue weighted by molar-refractivity contribution is 8.15. The predicted molar refractivity (Wildman–Crippen MR) is 63.3 cm³/mol. The highest BCUT2D eigenvalue weighted by Gasteiger charge is 2.15. The van der Waals surface area contributed by atoms with Crippen LogP contribution < -0.4 is 9.81 Å². The van der Waals surface area contributed by atoms with E-state index in [0.29, 0.717) is 5.39 Å². The second-order valence-corrected chi connectivity index (χ2v) is 4.56. The Hall–Kier alpha value is -1.54. The van der Waals surface area contributed by atoms with Gasteiger partial charge in [0.15, 0.2) is 0 Å². The average molecular weight is 258 g/mol. The van der Waals surface area contributed by atoms with Crippen molar-refractivity contribution in [3.8, 4) is 5.75 Å². The lowest BCUT2D eigenvalue weighted by Gasteiger charge is -2.18. The zero-order valence-corrected chi connectivity index (χ0v) is 9.60. The molecule has 7 heteroatoms. The number of fused-ring (bicyclic) bond motifs is 1. The standard InChI is InChI=1S/C10H10O6S/c1-6-4-10(11)15-9-5-7(2-3-8(6)9)16-17(12,13)14/h2-5,12-14H,1H3. The maximum absolute atomic E-state index is 11.2. The van der Waals surface area contributed by atoms with Crippen molar-refractivity contribution < 1.29 is 22.3 Å². The van der Waals surface area contributed by atoms with Crippen LogP contribution in [0.1, 0.15) is 5.56 Å². The summed E-state index contributed by atoms with van der Waals surface area (Å²) in [6.07, 6.45) is 0. The van der Waals surface area contributed by atoms with E-state index in [0.717, 1.165) is 5.56 Å². The fraction of sp³-hybridized carbons (Fsp3) is 0.100. The minimum Gasteiger partial charge on any atom is -0.423 e. The number of aryl methyl sites for hydroxylation is 1. The Morgan fingerprint density at radius 2 is 1.94 bits per heavy atom. The van der Waals surface area contributed by atoms with Crippen LogP contribution in [0.4, 0.5) is 0 Å². The van der Waals surface area contributed by atoms with E-state index in [1.807, 2.05) is 0 Å². The third kappa shape index (κ3) is 2.77. The molecule has 1 heterocycles. The Bertz CT molecular complexity index is 612. The van der Waals surface area contributed by atoms with E-state index in [2.05, 4.69) is 4.18 Å². The molecule has 2 rings (SSSR count). The van der Waals surface area contributed by atoms with Crippen LogP contribution in [0.2, 0.25) is 0 Å². The highest BCUT2D eigenvalue weighted by Crippen LogP contribution is 2.36. The van der Waals surface area contributed by atoms with E-state index in [4.69, 9.17) is 18.1 Å². The van der Waals surface area contributed by atoms with Crippen molar-refractivity contribution >= 4 is 22.1 Å². The molecular weight excluding hydrogens is 248 g/mol. The normalized spacial score (nSPS) is 12.7. The van der Waals surface area contributed by atoms with Crippen LogP contribution in [-0.4, -0.2) is 13.7 Å². The Morgan fingerprint density at radius 1 is 1.24 bits per heavy atom. The van der Waals surface area contributed by atoms with Gasteiger partial charge in [0.2, 0.25) is 0 Å². The molecule has 0 radical (unpaired) electrons. The van der Waals surface area contributed by atoms with Crippen LogP contribution in [-0.2, 0) is 0 Å². The van der Waals surface area contributed by atoms with Crippen LogP contribution in [0.5, 0.6) is 5.75 Å². The minimum atomic E-state index is -4.09. The van der Waals surface area contributed by atoms with Crippen LogP contribution in [0.15, 0.2) is 33.5 Å². The molecular formula is C10H10O6S. The summed E-state index contributed by atoms with van der Waals surface area (Å²) in [6, 6.07) is 5.67. The van der Waals surface area contributed by atoms with Crippen LogP contribution in [0.25, 0.3) is 11.0 Å². The second-order valence-electron chi connectivity index (χ2n) is 3.46. The first-order valence-electron chi connectivity index (χ1n) is 4.60. The number of benzene rings is 1. The van der Waals surface area contributed by atoms with Crippen LogP contribution >= 0.6 is 11.2 Å². The molecule has 1 aromatic heterocycles. The van der Waals surface area contributed by atoms with Gasteiger partial charge in [0.25, 0.3) is 11.2 Å². The van der Waals surface area contributed by atoms with Crippen molar-refractivity contribution in [1.82, 2.24) is 0 Å². The number of rotatable bonds is 2. The molecule has 0 aliphatic heterocycles. The van der Waals surface area contributed by atoms with Gasteiger partial charge in [-0.05, 0) is 24.6 Å². The molecule has 1 aromatic carbocycles. The maximum Gasteiger partial charge on any atom is 0.336 e. The fourth-order valence-electron chi connectivity index (χ4n) is 1.49. The predicted octanol–water partition coefficient (Wildman–Crippen LogP) is 2.62. The Labute approximate surface area is 97.8 Å². The van der Waals surface area contributed by atoms with Crippen molar-refractivity contribution in [2.45, 2.75) is 6.92 Å². The molecule has 0 spiro atoms. The summed E-state index contributed by atoms with van der Waals surface area (Å²) in [6.45, 7) is 1.75. The molecule has 0 aliphatic carbocycles. The lowest BCUT2D eigenvalue weighted by atomic mass is 10.1. The molecule has 0 saturated heterocycles. The SMILES string of the molecule is Cc1cc(=O)oc2cc(OS(O)(O)O)ccc12. The van der Waals surface area contributed by atoms with Crippen LogP contribution in [0, 0.1) is 6.92 Å². The van der Waals surface area contributed by atoms with Crippen molar-refractivity contribution in [2.75, 3.05) is 0 Å². The van der Waals surface area contributed by atoms with Gasteiger partial charge in [-0.15, -0.1) is 0 Å². The minimum absolute atomic E-state index is 0.00579. The van der Waals surface area contributed by atoms with E-state index >= 15 is 0 Å². The van der Waals surface area contributed by atoms with Gasteiger partial charge in [0, 0.05) is 17.5 Å². The topological polar surface area (TPSA) is 100 Å². The molecule has 0 aliphatic rings. The lowest BCUT2D eigenvalue weighted by Crippen LogP contribution is -2.04. The van der Waals surface area contributed by atoms with E-state index < -0.39 is 16.8 Å². The summed E-state index contributed by atoms with van der Waals surface area (Å²) in [5.41, 5.74) is 0.470. The van der Waals surface area contributed by atoms with Crippen molar-refractivity contribution in [2.24, 2.45) is 0 Å². The summed E-state index contributed by atoms with van der Waals surface area (Å²) < 4.78 is 35.6. The molecule has 0 unspecified atom stereocenters. The number of hydrogen-bond acceptors (Lipinski definition) is 6. The maximum atomic E-state index is 11.2. The first-order valence-corrected chi connectivity index (χ1v) is 6.03. The van der Waals surface area contributed by atoms with Crippen molar-refractivity contribution in [3.63, 3.8) is 0 Å². The molecule has 6 nitrogen and oxygen atoms in total. The first kappa shape index (κ1) is 11.9. The third-order valence-corrected chi connectivity index (χ3v) is 2.55. The van der Waals surface area contributed by atoms with Gasteiger partial charge in [-0.1, -0.05) is 0 Å². The Kier molecular flexibility index (Phi) is 2.84. The largest absolute Gasteiger partial charge is 0.423 e. The van der Waals surface area contributed by atoms with Gasteiger partial charge in [-0.3, -0.25) is 13.7 Å². The molecule has 0 amide bonds. The Balaban J connectivity index is 2.54. The number of hydrogen-bond donors (Lipinski definition) is 3. The van der Waals surface area contributed by atoms with Gasteiger partial charge in [-0.2, -0.15) is 0 Å². The lowest BCUT2D eigenvalue weighted by molar-refractivity contribution is 0.287. The van der Waals surface area contributed by atoms with Crippen LogP contribution in [0.3, 0.4) is 0 Å². The molecule has 0 atom stereocenters. The molecule has 0 bridgehead atoms. The summed E-state index contributed by atoms with van der Waals surface area (Å²) in [7, 11) is 0. The summed E-state index contributed by atoms with van der Waals surface area (Å²) >= 11 is -4.09. The molecule has 3 N–H and O–H groups in total. The highest BCUT2D eigenvalue weighted by atomic mass is 32.3. The van der Waals surface area contributed by atoms with Gasteiger partial charge >= 0.3 is 5.63 Å². The Morgan fingerprint density at radius 3 is 2.59 bits per heavy atom. The van der Waals surface area contributed by atoms with Gasteiger partial charge in [-0.25, -0.2) is 4.79 Å². The molecule has 2 aromatic rings. The monoisotopic (exact) mass is 258 g/mol. The second kappa shape index (κ2) is 4.04. The zero-order chi connectivity index (χ0) is 12.6. The molecule has 92 valence electrons. The summed E-state index contributed by atoms with van der Waals surface area (Å²) in [5, 5.41) is 0.700. The molecule has 0 saturated carbocycles. The van der Waals surface area contributed by atoms with Gasteiger partial charge in [0.1, 0.15) is 11.3 Å². The van der Waals surface area contributed by atoms with E-state index in [1.54, 1.807) is 13.0 Å². The van der Waals surface area contributed by atoms with Gasteiger partial charge < -0.3 is 8.60 Å². The van der Waals surface area contributed by atoms with E-state index in [1.165, 1.54) is 18.2 Å². The third-order valence-electron chi connectivity index (χ3n) is 2.13. The average Bonchev–Trinajstić information content (AvgIpc) is 2.13. The van der Waals surface area contributed by atoms with E-state index in [-0.39, 0.29) is 11.3 Å². The smallest absolute Gasteiger partial charge is 0.336 e. The summed E-state index contributed by atoms with van der Waals surface area (Å²) in [4.78, 5) is 11.2. The molecule has 17 heavy (non-hydrogen) atoms.